The maximum Gasteiger partial charge on any atom is 0.0761 e. The van der Waals surface area contributed by atoms with Crippen LogP contribution in [0.5, 0.6) is 0 Å². The van der Waals surface area contributed by atoms with Crippen molar-refractivity contribution in [1.82, 2.24) is 5.32 Å². The first-order chi connectivity index (χ1) is 9.52. The minimum atomic E-state index is 0.111. The summed E-state index contributed by atoms with van der Waals surface area (Å²) in [6.07, 6.45) is 1.08. The topological polar surface area (TPSA) is 12.0 Å². The highest BCUT2D eigenvalue weighted by molar-refractivity contribution is 9.12. The molecule has 1 heterocycles. The minimum Gasteiger partial charge on any atom is -0.306 e. The van der Waals surface area contributed by atoms with Gasteiger partial charge in [0.15, 0.2) is 0 Å². The summed E-state index contributed by atoms with van der Waals surface area (Å²) in [7, 11) is 0. The maximum absolute atomic E-state index is 6.16. The van der Waals surface area contributed by atoms with Crippen LogP contribution < -0.4 is 5.32 Å². The third kappa shape index (κ3) is 4.08. The van der Waals surface area contributed by atoms with Crippen LogP contribution in [-0.2, 0) is 0 Å². The van der Waals surface area contributed by atoms with Gasteiger partial charge in [-0.3, -0.25) is 0 Å². The van der Waals surface area contributed by atoms with Crippen LogP contribution in [0.2, 0.25) is 5.02 Å². The Bertz CT molecular complexity index is 600. The second kappa shape index (κ2) is 7.75. The van der Waals surface area contributed by atoms with Crippen molar-refractivity contribution in [2.45, 2.75) is 19.4 Å². The summed E-state index contributed by atoms with van der Waals surface area (Å²) >= 11 is 18.7. The van der Waals surface area contributed by atoms with Crippen molar-refractivity contribution in [3.63, 3.8) is 0 Å². The molecule has 1 unspecified atom stereocenters. The summed E-state index contributed by atoms with van der Waals surface area (Å²) in [5.41, 5.74) is 2.37. The van der Waals surface area contributed by atoms with Gasteiger partial charge in [0.05, 0.1) is 13.6 Å². The van der Waals surface area contributed by atoms with Crippen LogP contribution in [0.1, 0.15) is 30.5 Å². The summed E-state index contributed by atoms with van der Waals surface area (Å²) < 4.78 is 3.30. The average Bonchev–Trinajstić information content (AvgIpc) is 2.73. The van der Waals surface area contributed by atoms with Crippen LogP contribution in [0.25, 0.3) is 0 Å². The largest absolute Gasteiger partial charge is 0.306 e. The fourth-order valence-corrected chi connectivity index (χ4v) is 5.52. The second-order valence-electron chi connectivity index (χ2n) is 4.33. The van der Waals surface area contributed by atoms with Crippen molar-refractivity contribution in [2.24, 2.45) is 0 Å². The third-order valence-electron chi connectivity index (χ3n) is 2.86. The highest BCUT2D eigenvalue weighted by Crippen LogP contribution is 2.40. The van der Waals surface area contributed by atoms with Gasteiger partial charge in [-0.05, 0) is 80.2 Å². The molecule has 0 spiro atoms. The van der Waals surface area contributed by atoms with Crippen LogP contribution in [0.3, 0.4) is 0 Å². The minimum absolute atomic E-state index is 0.111. The lowest BCUT2D eigenvalue weighted by molar-refractivity contribution is 0.597. The zero-order valence-electron chi connectivity index (χ0n) is 10.7. The molecule has 0 saturated carbocycles. The van der Waals surface area contributed by atoms with Gasteiger partial charge in [0, 0.05) is 9.50 Å². The molecule has 0 amide bonds. The van der Waals surface area contributed by atoms with Crippen LogP contribution in [0, 0.1) is 0 Å². The Morgan fingerprint density at radius 1 is 1.20 bits per heavy atom. The van der Waals surface area contributed by atoms with Crippen LogP contribution in [-0.4, -0.2) is 6.54 Å². The maximum atomic E-state index is 6.16. The molecule has 1 aromatic carbocycles. The Kier molecular flexibility index (Phi) is 6.57. The molecule has 1 N–H and O–H groups in total. The summed E-state index contributed by atoms with van der Waals surface area (Å²) in [5.74, 6) is 0. The molecule has 1 aromatic heterocycles. The van der Waals surface area contributed by atoms with Crippen molar-refractivity contribution in [1.29, 1.82) is 0 Å². The smallest absolute Gasteiger partial charge is 0.0761 e. The van der Waals surface area contributed by atoms with E-state index in [1.54, 1.807) is 11.3 Å². The van der Waals surface area contributed by atoms with Crippen molar-refractivity contribution in [3.05, 3.63) is 52.5 Å². The van der Waals surface area contributed by atoms with Gasteiger partial charge in [-0.15, -0.1) is 11.3 Å². The summed E-state index contributed by atoms with van der Waals surface area (Å²) in [6.45, 7) is 3.11. The first kappa shape index (κ1) is 17.0. The standard InChI is InChI=1S/C14H13Br3ClNS/c1-2-5-19-13(10-7-12(16)20-14(10)17)9-6-8(18)3-4-11(9)15/h3-4,6-7,13,19H,2,5H2,1H3. The van der Waals surface area contributed by atoms with E-state index in [2.05, 4.69) is 66.1 Å². The van der Waals surface area contributed by atoms with E-state index < -0.39 is 0 Å². The van der Waals surface area contributed by atoms with E-state index in [1.807, 2.05) is 18.2 Å². The van der Waals surface area contributed by atoms with Gasteiger partial charge >= 0.3 is 0 Å². The number of rotatable bonds is 5. The summed E-state index contributed by atoms with van der Waals surface area (Å²) in [5, 5.41) is 4.34. The first-order valence-electron chi connectivity index (χ1n) is 6.16. The van der Waals surface area contributed by atoms with Crippen LogP contribution >= 0.6 is 70.7 Å². The molecule has 0 bridgehead atoms. The first-order valence-corrected chi connectivity index (χ1v) is 9.73. The molecule has 1 atom stereocenters. The Morgan fingerprint density at radius 2 is 1.95 bits per heavy atom. The molecular weight excluding hydrogens is 489 g/mol. The third-order valence-corrected chi connectivity index (χ3v) is 6.20. The van der Waals surface area contributed by atoms with Crippen LogP contribution in [0.4, 0.5) is 0 Å². The second-order valence-corrected chi connectivity index (χ2v) is 9.37. The number of hydrogen-bond acceptors (Lipinski definition) is 2. The zero-order valence-corrected chi connectivity index (χ0v) is 17.1. The molecule has 0 radical (unpaired) electrons. The van der Waals surface area contributed by atoms with Crippen molar-refractivity contribution < 1.29 is 0 Å². The molecule has 20 heavy (non-hydrogen) atoms. The Balaban J connectivity index is 2.46. The number of thiophene rings is 1. The van der Waals surface area contributed by atoms with Gasteiger partial charge in [0.25, 0.3) is 0 Å². The van der Waals surface area contributed by atoms with E-state index in [4.69, 9.17) is 11.6 Å². The Labute approximate surface area is 153 Å². The number of benzene rings is 1. The highest BCUT2D eigenvalue weighted by atomic mass is 79.9. The zero-order chi connectivity index (χ0) is 14.7. The monoisotopic (exact) mass is 499 g/mol. The normalized spacial score (nSPS) is 12.7. The number of halogens is 4. The molecular formula is C14H13Br3ClNS. The predicted molar refractivity (Wildman–Crippen MR) is 99.0 cm³/mol. The van der Waals surface area contributed by atoms with Gasteiger partial charge in [-0.2, -0.15) is 0 Å². The molecule has 2 aromatic rings. The van der Waals surface area contributed by atoms with Gasteiger partial charge < -0.3 is 5.32 Å². The van der Waals surface area contributed by atoms with Crippen molar-refractivity contribution >= 4 is 70.7 Å². The highest BCUT2D eigenvalue weighted by Gasteiger charge is 2.21. The number of hydrogen-bond donors (Lipinski definition) is 1. The molecule has 108 valence electrons. The predicted octanol–water partition coefficient (Wildman–Crippen LogP) is 6.78. The molecule has 1 nitrogen and oxygen atoms in total. The van der Waals surface area contributed by atoms with Gasteiger partial charge in [-0.25, -0.2) is 0 Å². The van der Waals surface area contributed by atoms with Crippen LogP contribution in [0.15, 0.2) is 36.3 Å². The summed E-state index contributed by atoms with van der Waals surface area (Å²) in [6, 6.07) is 8.16. The average molecular weight is 502 g/mol. The van der Waals surface area contributed by atoms with Gasteiger partial charge in [0.2, 0.25) is 0 Å². The quantitative estimate of drug-likeness (QED) is 0.476. The molecule has 6 heteroatoms. The van der Waals surface area contributed by atoms with E-state index in [1.165, 1.54) is 5.56 Å². The van der Waals surface area contributed by atoms with E-state index in [-0.39, 0.29) is 6.04 Å². The SMILES string of the molecule is CCCNC(c1cc(Cl)ccc1Br)c1cc(Br)sc1Br. The molecule has 2 rings (SSSR count). The van der Waals surface area contributed by atoms with E-state index >= 15 is 0 Å². The van der Waals surface area contributed by atoms with E-state index in [0.29, 0.717) is 0 Å². The molecule has 0 saturated heterocycles. The van der Waals surface area contributed by atoms with Crippen molar-refractivity contribution in [2.75, 3.05) is 6.54 Å². The molecule has 0 fully saturated rings. The number of nitrogens with one attached hydrogen (secondary N) is 1. The van der Waals surface area contributed by atoms with Gasteiger partial charge in [-0.1, -0.05) is 34.5 Å². The lowest BCUT2D eigenvalue weighted by Crippen LogP contribution is -2.23. The lowest BCUT2D eigenvalue weighted by atomic mass is 10.0. The molecule has 0 aliphatic carbocycles. The van der Waals surface area contributed by atoms with Gasteiger partial charge in [0.1, 0.15) is 0 Å². The lowest BCUT2D eigenvalue weighted by Gasteiger charge is -2.20. The Morgan fingerprint density at radius 3 is 2.55 bits per heavy atom. The Hall–Kier alpha value is 0.610. The van der Waals surface area contributed by atoms with E-state index in [9.17, 15) is 0 Å². The summed E-state index contributed by atoms with van der Waals surface area (Å²) in [4.78, 5) is 0. The fourth-order valence-electron chi connectivity index (χ4n) is 1.96. The van der Waals surface area contributed by atoms with E-state index in [0.717, 1.165) is 35.6 Å². The molecule has 0 aliphatic rings. The fraction of sp³-hybridized carbons (Fsp3) is 0.286. The molecule has 0 aliphatic heterocycles. The van der Waals surface area contributed by atoms with Crippen molar-refractivity contribution in [3.8, 4) is 0 Å².